The minimum atomic E-state index is -0.724. The molecule has 0 aliphatic rings. The molecule has 0 bridgehead atoms. The number of rotatable bonds is 6. The first-order valence-electron chi connectivity index (χ1n) is 8.63. The van der Waals surface area contributed by atoms with Crippen LogP contribution in [0.4, 0.5) is 8.78 Å². The Morgan fingerprint density at radius 2 is 1.86 bits per heavy atom. The molecule has 0 saturated heterocycles. The van der Waals surface area contributed by atoms with Crippen LogP contribution in [0.25, 0.3) is 6.08 Å². The second kappa shape index (κ2) is 8.90. The maximum Gasteiger partial charge on any atom is 0.244 e. The first kappa shape index (κ1) is 19.2. The number of hydrogen-bond donors (Lipinski definition) is 1. The summed E-state index contributed by atoms with van der Waals surface area (Å²) in [6, 6.07) is 13.7. The number of nitrogens with zero attached hydrogens (tertiary/aromatic N) is 1. The van der Waals surface area contributed by atoms with E-state index < -0.39 is 17.5 Å². The van der Waals surface area contributed by atoms with Gasteiger partial charge in [0.25, 0.3) is 0 Å². The Balaban J connectivity index is 1.63. The lowest BCUT2D eigenvalue weighted by Crippen LogP contribution is -2.24. The number of hydrogen-bond acceptors (Lipinski definition) is 3. The quantitative estimate of drug-likeness (QED) is 0.610. The van der Waals surface area contributed by atoms with Crippen LogP contribution < -0.4 is 10.1 Å². The van der Waals surface area contributed by atoms with Crippen molar-refractivity contribution in [3.05, 3.63) is 95.8 Å². The number of pyridine rings is 1. The lowest BCUT2D eigenvalue weighted by atomic mass is 10.1. The molecule has 0 saturated carbocycles. The highest BCUT2D eigenvalue weighted by atomic mass is 19.1. The molecule has 0 aliphatic heterocycles. The number of nitrogens with one attached hydrogen (secondary N) is 1. The standard InChI is InChI=1S/C22H18F2N2O2/c1-15(26-22(27)8-6-16-5-7-18(23)14-21(16)24)17-3-2-4-20(13-17)28-19-9-11-25-12-10-19/h2-15H,1H3,(H,26,27). The molecule has 2 aromatic carbocycles. The SMILES string of the molecule is CC(NC(=O)C=Cc1ccc(F)cc1F)c1cccc(Oc2ccncc2)c1. The Labute approximate surface area is 161 Å². The van der Waals surface area contributed by atoms with Crippen LogP contribution in [-0.4, -0.2) is 10.9 Å². The molecule has 0 aliphatic carbocycles. The summed E-state index contributed by atoms with van der Waals surface area (Å²) in [7, 11) is 0. The van der Waals surface area contributed by atoms with Gasteiger partial charge in [-0.05, 0) is 55.0 Å². The first-order valence-corrected chi connectivity index (χ1v) is 8.63. The average Bonchev–Trinajstić information content (AvgIpc) is 2.68. The molecule has 28 heavy (non-hydrogen) atoms. The fourth-order valence-electron chi connectivity index (χ4n) is 2.54. The monoisotopic (exact) mass is 380 g/mol. The van der Waals surface area contributed by atoms with Gasteiger partial charge < -0.3 is 10.1 Å². The topological polar surface area (TPSA) is 51.2 Å². The van der Waals surface area contributed by atoms with Crippen LogP contribution in [0, 0.1) is 11.6 Å². The van der Waals surface area contributed by atoms with E-state index in [1.807, 2.05) is 31.2 Å². The summed E-state index contributed by atoms with van der Waals surface area (Å²) < 4.78 is 32.3. The summed E-state index contributed by atoms with van der Waals surface area (Å²) in [5.74, 6) is -0.488. The van der Waals surface area contributed by atoms with Crippen molar-refractivity contribution in [2.24, 2.45) is 0 Å². The zero-order valence-electron chi connectivity index (χ0n) is 15.1. The van der Waals surface area contributed by atoms with E-state index in [9.17, 15) is 13.6 Å². The molecule has 1 atom stereocenters. The van der Waals surface area contributed by atoms with E-state index in [0.717, 1.165) is 17.7 Å². The van der Waals surface area contributed by atoms with Crippen LogP contribution in [0.15, 0.2) is 73.1 Å². The van der Waals surface area contributed by atoms with E-state index >= 15 is 0 Å². The van der Waals surface area contributed by atoms with Gasteiger partial charge in [0.15, 0.2) is 0 Å². The van der Waals surface area contributed by atoms with Crippen LogP contribution in [0.1, 0.15) is 24.1 Å². The summed E-state index contributed by atoms with van der Waals surface area (Å²) in [5.41, 5.74) is 0.984. The highest BCUT2D eigenvalue weighted by Gasteiger charge is 2.09. The highest BCUT2D eigenvalue weighted by molar-refractivity contribution is 5.92. The summed E-state index contributed by atoms with van der Waals surface area (Å²) >= 11 is 0. The smallest absolute Gasteiger partial charge is 0.244 e. The third kappa shape index (κ3) is 5.23. The Kier molecular flexibility index (Phi) is 6.11. The van der Waals surface area contributed by atoms with E-state index in [-0.39, 0.29) is 11.6 Å². The number of aromatic nitrogens is 1. The predicted molar refractivity (Wildman–Crippen MR) is 103 cm³/mol. The van der Waals surface area contributed by atoms with E-state index in [0.29, 0.717) is 11.5 Å². The Hall–Kier alpha value is -3.54. The van der Waals surface area contributed by atoms with Gasteiger partial charge in [-0.15, -0.1) is 0 Å². The molecule has 1 aromatic heterocycles. The predicted octanol–water partition coefficient (Wildman–Crippen LogP) is 5.04. The van der Waals surface area contributed by atoms with E-state index in [4.69, 9.17) is 4.74 Å². The van der Waals surface area contributed by atoms with Crippen molar-refractivity contribution in [1.29, 1.82) is 0 Å². The minimum absolute atomic E-state index is 0.136. The molecule has 1 heterocycles. The number of ether oxygens (including phenoxy) is 1. The lowest BCUT2D eigenvalue weighted by molar-refractivity contribution is -0.117. The zero-order valence-corrected chi connectivity index (χ0v) is 15.1. The van der Waals surface area contributed by atoms with Gasteiger partial charge in [0.1, 0.15) is 23.1 Å². The Morgan fingerprint density at radius 1 is 1.07 bits per heavy atom. The van der Waals surface area contributed by atoms with Gasteiger partial charge in [-0.2, -0.15) is 0 Å². The fourth-order valence-corrected chi connectivity index (χ4v) is 2.54. The van der Waals surface area contributed by atoms with Gasteiger partial charge in [0, 0.05) is 30.1 Å². The molecular weight excluding hydrogens is 362 g/mol. The molecule has 0 fully saturated rings. The molecule has 1 N–H and O–H groups in total. The molecule has 1 amide bonds. The van der Waals surface area contributed by atoms with Crippen LogP contribution in [0.5, 0.6) is 11.5 Å². The number of halogens is 2. The van der Waals surface area contributed by atoms with Gasteiger partial charge in [-0.1, -0.05) is 12.1 Å². The number of benzene rings is 2. The van der Waals surface area contributed by atoms with E-state index in [2.05, 4.69) is 10.3 Å². The van der Waals surface area contributed by atoms with Crippen LogP contribution in [0.3, 0.4) is 0 Å². The number of carbonyl (C=O) groups is 1. The molecule has 0 radical (unpaired) electrons. The average molecular weight is 380 g/mol. The van der Waals surface area contributed by atoms with Crippen molar-refractivity contribution in [2.75, 3.05) is 0 Å². The molecule has 0 spiro atoms. The Bertz CT molecular complexity index is 991. The summed E-state index contributed by atoms with van der Waals surface area (Å²) in [6.45, 7) is 1.83. The van der Waals surface area contributed by atoms with Gasteiger partial charge >= 0.3 is 0 Å². The van der Waals surface area contributed by atoms with Gasteiger partial charge in [-0.25, -0.2) is 8.78 Å². The molecule has 142 valence electrons. The first-order chi connectivity index (χ1) is 13.5. The van der Waals surface area contributed by atoms with Crippen molar-refractivity contribution in [2.45, 2.75) is 13.0 Å². The van der Waals surface area contributed by atoms with Gasteiger partial charge in [0.05, 0.1) is 6.04 Å². The number of amides is 1. The molecule has 1 unspecified atom stereocenters. The lowest BCUT2D eigenvalue weighted by Gasteiger charge is -2.14. The Morgan fingerprint density at radius 3 is 2.61 bits per heavy atom. The largest absolute Gasteiger partial charge is 0.457 e. The molecule has 3 rings (SSSR count). The highest BCUT2D eigenvalue weighted by Crippen LogP contribution is 2.24. The van der Waals surface area contributed by atoms with Crippen LogP contribution >= 0.6 is 0 Å². The summed E-state index contributed by atoms with van der Waals surface area (Å²) in [6.07, 6.45) is 5.79. The van der Waals surface area contributed by atoms with Crippen molar-refractivity contribution >= 4 is 12.0 Å². The van der Waals surface area contributed by atoms with Crippen LogP contribution in [0.2, 0.25) is 0 Å². The molecular formula is C22H18F2N2O2. The fraction of sp³-hybridized carbons (Fsp3) is 0.0909. The minimum Gasteiger partial charge on any atom is -0.457 e. The van der Waals surface area contributed by atoms with Crippen molar-refractivity contribution in [3.63, 3.8) is 0 Å². The van der Waals surface area contributed by atoms with Crippen molar-refractivity contribution in [3.8, 4) is 11.5 Å². The van der Waals surface area contributed by atoms with Gasteiger partial charge in [0.2, 0.25) is 5.91 Å². The van der Waals surface area contributed by atoms with E-state index in [1.54, 1.807) is 24.5 Å². The van der Waals surface area contributed by atoms with Gasteiger partial charge in [-0.3, -0.25) is 9.78 Å². The molecule has 4 nitrogen and oxygen atoms in total. The molecule has 3 aromatic rings. The summed E-state index contributed by atoms with van der Waals surface area (Å²) in [5, 5.41) is 2.80. The third-order valence-electron chi connectivity index (χ3n) is 3.98. The van der Waals surface area contributed by atoms with Crippen LogP contribution in [-0.2, 0) is 4.79 Å². The summed E-state index contributed by atoms with van der Waals surface area (Å²) in [4.78, 5) is 16.1. The third-order valence-corrected chi connectivity index (χ3v) is 3.98. The van der Waals surface area contributed by atoms with Crippen molar-refractivity contribution < 1.29 is 18.3 Å². The number of carbonyl (C=O) groups excluding carboxylic acids is 1. The maximum atomic E-state index is 13.6. The van der Waals surface area contributed by atoms with Crippen molar-refractivity contribution in [1.82, 2.24) is 10.3 Å². The second-order valence-electron chi connectivity index (χ2n) is 6.09. The van der Waals surface area contributed by atoms with E-state index in [1.165, 1.54) is 18.2 Å². The molecule has 6 heteroatoms. The maximum absolute atomic E-state index is 13.6. The zero-order chi connectivity index (χ0) is 19.9. The normalized spacial score (nSPS) is 12.0. The second-order valence-corrected chi connectivity index (χ2v) is 6.09.